The van der Waals surface area contributed by atoms with Crippen LogP contribution in [0.15, 0.2) is 47.6 Å². The van der Waals surface area contributed by atoms with Crippen LogP contribution >= 0.6 is 0 Å². The van der Waals surface area contributed by atoms with Crippen LogP contribution < -0.4 is 14.9 Å². The van der Waals surface area contributed by atoms with Crippen LogP contribution in [0.25, 0.3) is 0 Å². The molecule has 3 rings (SSSR count). The molecule has 0 radical (unpaired) electrons. The molecule has 0 aliphatic carbocycles. The average molecular weight is 310 g/mol. The van der Waals surface area contributed by atoms with Crippen molar-refractivity contribution in [3.8, 4) is 11.5 Å². The summed E-state index contributed by atoms with van der Waals surface area (Å²) in [6, 6.07) is 13.0. The Morgan fingerprint density at radius 3 is 2.78 bits per heavy atom. The van der Waals surface area contributed by atoms with Gasteiger partial charge in [-0.25, -0.2) is 5.43 Å². The number of fused-ring (bicyclic) bond motifs is 1. The first-order valence-electron chi connectivity index (χ1n) is 7.52. The normalized spacial score (nSPS) is 13.6. The quantitative estimate of drug-likeness (QED) is 0.700. The number of hydrazone groups is 1. The van der Waals surface area contributed by atoms with Crippen LogP contribution in [-0.4, -0.2) is 25.3 Å². The topological polar surface area (TPSA) is 59.9 Å². The van der Waals surface area contributed by atoms with E-state index in [9.17, 15) is 4.79 Å². The summed E-state index contributed by atoms with van der Waals surface area (Å²) in [5.74, 6) is 0.977. The van der Waals surface area contributed by atoms with Crippen molar-refractivity contribution in [3.05, 3.63) is 59.2 Å². The Kier molecular flexibility index (Phi) is 4.57. The van der Waals surface area contributed by atoms with Gasteiger partial charge < -0.3 is 9.47 Å². The first-order chi connectivity index (χ1) is 11.2. The highest BCUT2D eigenvalue weighted by molar-refractivity contribution is 5.95. The highest BCUT2D eigenvalue weighted by atomic mass is 16.5. The van der Waals surface area contributed by atoms with E-state index in [-0.39, 0.29) is 5.91 Å². The van der Waals surface area contributed by atoms with Crippen molar-refractivity contribution in [2.24, 2.45) is 5.10 Å². The highest BCUT2D eigenvalue weighted by Gasteiger charge is 2.13. The summed E-state index contributed by atoms with van der Waals surface area (Å²) >= 11 is 0. The number of aryl methyl sites for hydroxylation is 1. The Balaban J connectivity index is 1.67. The van der Waals surface area contributed by atoms with Crippen molar-refractivity contribution in [2.75, 3.05) is 13.2 Å². The van der Waals surface area contributed by atoms with Gasteiger partial charge in [-0.05, 0) is 30.7 Å². The molecule has 5 heteroatoms. The van der Waals surface area contributed by atoms with Gasteiger partial charge in [-0.15, -0.1) is 0 Å². The summed E-state index contributed by atoms with van der Waals surface area (Å²) in [6.45, 7) is 3.22. The molecule has 0 atom stereocenters. The zero-order valence-corrected chi connectivity index (χ0v) is 12.9. The van der Waals surface area contributed by atoms with Crippen molar-refractivity contribution in [2.45, 2.75) is 13.3 Å². The fourth-order valence-corrected chi connectivity index (χ4v) is 2.28. The third kappa shape index (κ3) is 3.88. The molecular weight excluding hydrogens is 292 g/mol. The van der Waals surface area contributed by atoms with Crippen molar-refractivity contribution in [3.63, 3.8) is 0 Å². The smallest absolute Gasteiger partial charge is 0.271 e. The molecule has 0 bridgehead atoms. The summed E-state index contributed by atoms with van der Waals surface area (Å²) in [4.78, 5) is 12.2. The summed E-state index contributed by atoms with van der Waals surface area (Å²) in [7, 11) is 0. The number of nitrogens with zero attached hydrogens (tertiary/aromatic N) is 1. The maximum atomic E-state index is 12.2. The van der Waals surface area contributed by atoms with Crippen molar-refractivity contribution < 1.29 is 14.3 Å². The predicted octanol–water partition coefficient (Wildman–Crippen LogP) is 2.92. The second-order valence-corrected chi connectivity index (χ2v) is 5.33. The Bertz CT molecular complexity index is 741. The maximum absolute atomic E-state index is 12.2. The molecule has 1 heterocycles. The molecule has 1 amide bonds. The Morgan fingerprint density at radius 2 is 1.96 bits per heavy atom. The highest BCUT2D eigenvalue weighted by Crippen LogP contribution is 2.30. The van der Waals surface area contributed by atoms with E-state index in [1.165, 1.54) is 0 Å². The number of ether oxygens (including phenoxy) is 2. The summed E-state index contributed by atoms with van der Waals surface area (Å²) in [6.07, 6.45) is 2.45. The van der Waals surface area contributed by atoms with Crippen LogP contribution in [0.4, 0.5) is 0 Å². The molecule has 1 N–H and O–H groups in total. The second-order valence-electron chi connectivity index (χ2n) is 5.33. The Labute approximate surface area is 134 Å². The van der Waals surface area contributed by atoms with Gasteiger partial charge in [0.1, 0.15) is 0 Å². The van der Waals surface area contributed by atoms with Gasteiger partial charge in [-0.3, -0.25) is 4.79 Å². The minimum atomic E-state index is -0.287. The zero-order valence-electron chi connectivity index (χ0n) is 12.9. The van der Waals surface area contributed by atoms with Crippen LogP contribution in [0.3, 0.4) is 0 Å². The third-order valence-electron chi connectivity index (χ3n) is 3.43. The van der Waals surface area contributed by atoms with Crippen LogP contribution in [0.2, 0.25) is 0 Å². The van der Waals surface area contributed by atoms with Gasteiger partial charge in [0.15, 0.2) is 11.5 Å². The molecule has 0 unspecified atom stereocenters. The van der Waals surface area contributed by atoms with Gasteiger partial charge in [-0.2, -0.15) is 5.10 Å². The standard InChI is InChI=1S/C18H18N2O3/c1-13-4-2-5-14(10-13)12-19-20-18(21)15-6-7-16-17(11-15)23-9-3-8-22-16/h2,4-7,10-12H,3,8-9H2,1H3,(H,20,21)/b19-12+. The molecular formula is C18H18N2O3. The number of amides is 1. The minimum absolute atomic E-state index is 0.287. The van der Waals surface area contributed by atoms with E-state index in [2.05, 4.69) is 10.5 Å². The predicted molar refractivity (Wildman–Crippen MR) is 88.3 cm³/mol. The number of hydrogen-bond donors (Lipinski definition) is 1. The largest absolute Gasteiger partial charge is 0.490 e. The van der Waals surface area contributed by atoms with E-state index in [0.717, 1.165) is 17.5 Å². The number of carbonyl (C=O) groups excluding carboxylic acids is 1. The summed E-state index contributed by atoms with van der Waals surface area (Å²) < 4.78 is 11.1. The molecule has 2 aromatic rings. The lowest BCUT2D eigenvalue weighted by Gasteiger charge is -2.08. The molecule has 0 saturated carbocycles. The molecule has 23 heavy (non-hydrogen) atoms. The minimum Gasteiger partial charge on any atom is -0.490 e. The molecule has 1 aliphatic rings. The molecule has 0 aromatic heterocycles. The maximum Gasteiger partial charge on any atom is 0.271 e. The number of hydrogen-bond acceptors (Lipinski definition) is 4. The van der Waals surface area contributed by atoms with Gasteiger partial charge in [0.05, 0.1) is 19.4 Å². The Morgan fingerprint density at radius 1 is 1.13 bits per heavy atom. The van der Waals surface area contributed by atoms with E-state index in [1.807, 2.05) is 31.2 Å². The van der Waals surface area contributed by atoms with Gasteiger partial charge in [-0.1, -0.05) is 29.8 Å². The molecule has 5 nitrogen and oxygen atoms in total. The average Bonchev–Trinajstić information content (AvgIpc) is 2.79. The number of rotatable bonds is 3. The SMILES string of the molecule is Cc1cccc(/C=N/NC(=O)c2ccc3c(c2)OCCCO3)c1. The fourth-order valence-electron chi connectivity index (χ4n) is 2.28. The van der Waals surface area contributed by atoms with Gasteiger partial charge in [0.25, 0.3) is 5.91 Å². The van der Waals surface area contributed by atoms with E-state index in [0.29, 0.717) is 30.3 Å². The summed E-state index contributed by atoms with van der Waals surface area (Å²) in [5, 5.41) is 3.99. The molecule has 1 aliphatic heterocycles. The van der Waals surface area contributed by atoms with Gasteiger partial charge >= 0.3 is 0 Å². The van der Waals surface area contributed by atoms with E-state index in [1.54, 1.807) is 24.4 Å². The van der Waals surface area contributed by atoms with Crippen molar-refractivity contribution in [1.82, 2.24) is 5.43 Å². The van der Waals surface area contributed by atoms with E-state index < -0.39 is 0 Å². The van der Waals surface area contributed by atoms with Crippen LogP contribution in [0.5, 0.6) is 11.5 Å². The van der Waals surface area contributed by atoms with Crippen LogP contribution in [-0.2, 0) is 0 Å². The van der Waals surface area contributed by atoms with E-state index in [4.69, 9.17) is 9.47 Å². The lowest BCUT2D eigenvalue weighted by Crippen LogP contribution is -2.17. The second kappa shape index (κ2) is 6.96. The lowest BCUT2D eigenvalue weighted by atomic mass is 10.2. The lowest BCUT2D eigenvalue weighted by molar-refractivity contribution is 0.0954. The first kappa shape index (κ1) is 15.1. The van der Waals surface area contributed by atoms with E-state index >= 15 is 0 Å². The Hall–Kier alpha value is -2.82. The van der Waals surface area contributed by atoms with Crippen LogP contribution in [0.1, 0.15) is 27.9 Å². The van der Waals surface area contributed by atoms with Gasteiger partial charge in [0, 0.05) is 12.0 Å². The zero-order chi connectivity index (χ0) is 16.1. The number of nitrogens with one attached hydrogen (secondary N) is 1. The molecule has 0 saturated heterocycles. The van der Waals surface area contributed by atoms with Crippen LogP contribution in [0, 0.1) is 6.92 Å². The summed E-state index contributed by atoms with van der Waals surface area (Å²) in [5.41, 5.74) is 5.08. The molecule has 0 spiro atoms. The van der Waals surface area contributed by atoms with Gasteiger partial charge in [0.2, 0.25) is 0 Å². The fraction of sp³-hybridized carbons (Fsp3) is 0.222. The molecule has 2 aromatic carbocycles. The third-order valence-corrected chi connectivity index (χ3v) is 3.43. The number of benzene rings is 2. The molecule has 118 valence electrons. The van der Waals surface area contributed by atoms with Crippen molar-refractivity contribution in [1.29, 1.82) is 0 Å². The number of carbonyl (C=O) groups is 1. The monoisotopic (exact) mass is 310 g/mol. The van der Waals surface area contributed by atoms with Crippen molar-refractivity contribution >= 4 is 12.1 Å². The first-order valence-corrected chi connectivity index (χ1v) is 7.52. The molecule has 0 fully saturated rings.